The second-order valence-electron chi connectivity index (χ2n) is 5.26. The third kappa shape index (κ3) is 5.54. The van der Waals surface area contributed by atoms with Crippen molar-refractivity contribution in [2.45, 2.75) is 52.0 Å². The largest absolute Gasteiger partial charge is 0.494 e. The van der Waals surface area contributed by atoms with Crippen LogP contribution in [0.2, 0.25) is 0 Å². The highest BCUT2D eigenvalue weighted by Crippen LogP contribution is 2.18. The molecule has 0 bridgehead atoms. The molecule has 2 heteroatoms. The molecule has 0 aliphatic rings. The Bertz CT molecular complexity index is 318. The molecule has 0 aromatic heterocycles. The molecular formula is C16H27NO. The molecule has 0 fully saturated rings. The van der Waals surface area contributed by atoms with Gasteiger partial charge < -0.3 is 10.1 Å². The molecule has 0 saturated carbocycles. The molecule has 1 aromatic carbocycles. The summed E-state index contributed by atoms with van der Waals surface area (Å²) >= 11 is 0. The Labute approximate surface area is 112 Å². The third-order valence-corrected chi connectivity index (χ3v) is 3.34. The summed E-state index contributed by atoms with van der Waals surface area (Å²) in [5.41, 5.74) is 1.37. The molecule has 2 nitrogen and oxygen atoms in total. The van der Waals surface area contributed by atoms with E-state index in [1.807, 2.05) is 7.05 Å². The molecule has 0 radical (unpaired) electrons. The van der Waals surface area contributed by atoms with E-state index in [1.165, 1.54) is 18.4 Å². The lowest BCUT2D eigenvalue weighted by Crippen LogP contribution is -2.20. The number of ether oxygens (including phenoxy) is 1. The first-order valence-electron chi connectivity index (χ1n) is 7.03. The van der Waals surface area contributed by atoms with Crippen LogP contribution in [0.1, 0.15) is 51.5 Å². The topological polar surface area (TPSA) is 21.3 Å². The van der Waals surface area contributed by atoms with Crippen LogP contribution in [0.15, 0.2) is 24.3 Å². The Balaban J connectivity index is 2.19. The Morgan fingerprint density at radius 1 is 1.06 bits per heavy atom. The van der Waals surface area contributed by atoms with E-state index >= 15 is 0 Å². The van der Waals surface area contributed by atoms with Gasteiger partial charge in [0.15, 0.2) is 0 Å². The number of hydrogen-bond acceptors (Lipinski definition) is 2. The van der Waals surface area contributed by atoms with E-state index < -0.39 is 0 Å². The summed E-state index contributed by atoms with van der Waals surface area (Å²) in [4.78, 5) is 0. The summed E-state index contributed by atoms with van der Waals surface area (Å²) in [7, 11) is 2.01. The molecule has 0 aliphatic heterocycles. The van der Waals surface area contributed by atoms with Crippen molar-refractivity contribution in [2.24, 2.45) is 0 Å². The fourth-order valence-electron chi connectivity index (χ4n) is 1.84. The molecule has 0 spiro atoms. The smallest absolute Gasteiger partial charge is 0.119 e. The lowest BCUT2D eigenvalue weighted by atomic mass is 10.0. The van der Waals surface area contributed by atoms with Gasteiger partial charge in [-0.05, 0) is 56.8 Å². The van der Waals surface area contributed by atoms with Crippen LogP contribution in [0.5, 0.6) is 5.75 Å². The van der Waals surface area contributed by atoms with Gasteiger partial charge in [-0.15, -0.1) is 0 Å². The maximum Gasteiger partial charge on any atom is 0.119 e. The first kappa shape index (κ1) is 15.0. The minimum Gasteiger partial charge on any atom is -0.494 e. The fraction of sp³-hybridized carbons (Fsp3) is 0.625. The number of benzene rings is 1. The quantitative estimate of drug-likeness (QED) is 0.704. The predicted molar refractivity (Wildman–Crippen MR) is 78.4 cm³/mol. The Morgan fingerprint density at radius 3 is 2.28 bits per heavy atom. The second kappa shape index (κ2) is 8.15. The molecule has 18 heavy (non-hydrogen) atoms. The van der Waals surface area contributed by atoms with Crippen molar-refractivity contribution in [3.8, 4) is 5.75 Å². The van der Waals surface area contributed by atoms with E-state index in [2.05, 4.69) is 50.4 Å². The fourth-order valence-corrected chi connectivity index (χ4v) is 1.84. The van der Waals surface area contributed by atoms with E-state index in [9.17, 15) is 0 Å². The molecule has 102 valence electrons. The summed E-state index contributed by atoms with van der Waals surface area (Å²) in [6.07, 6.45) is 3.55. The van der Waals surface area contributed by atoms with Crippen LogP contribution in [0.4, 0.5) is 0 Å². The molecule has 0 aliphatic carbocycles. The predicted octanol–water partition coefficient (Wildman–Crippen LogP) is 3.97. The molecule has 1 rings (SSSR count). The molecule has 0 amide bonds. The van der Waals surface area contributed by atoms with Crippen LogP contribution in [-0.4, -0.2) is 19.7 Å². The van der Waals surface area contributed by atoms with Crippen LogP contribution in [-0.2, 0) is 0 Å². The van der Waals surface area contributed by atoms with Gasteiger partial charge in [-0.1, -0.05) is 26.0 Å². The molecule has 0 saturated heterocycles. The standard InChI is InChI=1S/C16H27NO/c1-13(2)15-8-10-16(11-9-15)18-12-6-5-7-14(3)17-4/h8-11,13-14,17H,5-7,12H2,1-4H3. The van der Waals surface area contributed by atoms with E-state index in [0.717, 1.165) is 18.8 Å². The molecule has 1 unspecified atom stereocenters. The number of rotatable bonds is 8. The maximum atomic E-state index is 5.74. The first-order valence-corrected chi connectivity index (χ1v) is 7.03. The van der Waals surface area contributed by atoms with Gasteiger partial charge in [0.2, 0.25) is 0 Å². The van der Waals surface area contributed by atoms with Gasteiger partial charge in [-0.2, -0.15) is 0 Å². The third-order valence-electron chi connectivity index (χ3n) is 3.34. The zero-order valence-corrected chi connectivity index (χ0v) is 12.2. The van der Waals surface area contributed by atoms with Gasteiger partial charge in [0.25, 0.3) is 0 Å². The van der Waals surface area contributed by atoms with Gasteiger partial charge in [0, 0.05) is 6.04 Å². The lowest BCUT2D eigenvalue weighted by molar-refractivity contribution is 0.302. The highest BCUT2D eigenvalue weighted by molar-refractivity contribution is 5.28. The van der Waals surface area contributed by atoms with Crippen LogP contribution >= 0.6 is 0 Å². The van der Waals surface area contributed by atoms with Crippen molar-refractivity contribution in [2.75, 3.05) is 13.7 Å². The Kier molecular flexibility index (Phi) is 6.81. The first-order chi connectivity index (χ1) is 8.63. The number of nitrogens with one attached hydrogen (secondary N) is 1. The zero-order valence-electron chi connectivity index (χ0n) is 12.2. The Morgan fingerprint density at radius 2 is 1.72 bits per heavy atom. The zero-order chi connectivity index (χ0) is 13.4. The maximum absolute atomic E-state index is 5.74. The highest BCUT2D eigenvalue weighted by Gasteiger charge is 2.00. The van der Waals surface area contributed by atoms with Crippen molar-refractivity contribution in [1.29, 1.82) is 0 Å². The second-order valence-corrected chi connectivity index (χ2v) is 5.26. The van der Waals surface area contributed by atoms with Gasteiger partial charge >= 0.3 is 0 Å². The summed E-state index contributed by atoms with van der Waals surface area (Å²) in [5, 5.41) is 3.25. The molecule has 0 heterocycles. The van der Waals surface area contributed by atoms with Crippen LogP contribution < -0.4 is 10.1 Å². The SMILES string of the molecule is CNC(C)CCCCOc1ccc(C(C)C)cc1. The van der Waals surface area contributed by atoms with Gasteiger partial charge in [0.05, 0.1) is 6.61 Å². The van der Waals surface area contributed by atoms with Crippen LogP contribution in [0, 0.1) is 0 Å². The molecule has 1 aromatic rings. The van der Waals surface area contributed by atoms with E-state index in [0.29, 0.717) is 12.0 Å². The number of unbranched alkanes of at least 4 members (excludes halogenated alkanes) is 1. The van der Waals surface area contributed by atoms with E-state index in [4.69, 9.17) is 4.74 Å². The minimum atomic E-state index is 0.585. The van der Waals surface area contributed by atoms with E-state index in [-0.39, 0.29) is 0 Å². The van der Waals surface area contributed by atoms with Crippen molar-refractivity contribution < 1.29 is 4.74 Å². The van der Waals surface area contributed by atoms with Crippen LogP contribution in [0.3, 0.4) is 0 Å². The van der Waals surface area contributed by atoms with Gasteiger partial charge in [-0.25, -0.2) is 0 Å². The number of hydrogen-bond donors (Lipinski definition) is 1. The average Bonchev–Trinajstić information content (AvgIpc) is 2.38. The molecule has 1 atom stereocenters. The van der Waals surface area contributed by atoms with Crippen molar-refractivity contribution in [3.05, 3.63) is 29.8 Å². The summed E-state index contributed by atoms with van der Waals surface area (Å²) in [5.74, 6) is 1.57. The molecule has 1 N–H and O–H groups in total. The monoisotopic (exact) mass is 249 g/mol. The van der Waals surface area contributed by atoms with Gasteiger partial charge in [0.1, 0.15) is 5.75 Å². The lowest BCUT2D eigenvalue weighted by Gasteiger charge is -2.11. The minimum absolute atomic E-state index is 0.585. The summed E-state index contributed by atoms with van der Waals surface area (Å²) in [6, 6.07) is 9.07. The van der Waals surface area contributed by atoms with Crippen LogP contribution in [0.25, 0.3) is 0 Å². The highest BCUT2D eigenvalue weighted by atomic mass is 16.5. The summed E-state index contributed by atoms with van der Waals surface area (Å²) < 4.78 is 5.74. The average molecular weight is 249 g/mol. The normalized spacial score (nSPS) is 12.7. The molecular weight excluding hydrogens is 222 g/mol. The van der Waals surface area contributed by atoms with E-state index in [1.54, 1.807) is 0 Å². The van der Waals surface area contributed by atoms with Gasteiger partial charge in [-0.3, -0.25) is 0 Å². The van der Waals surface area contributed by atoms with Crippen molar-refractivity contribution in [3.63, 3.8) is 0 Å². The van der Waals surface area contributed by atoms with Crippen molar-refractivity contribution in [1.82, 2.24) is 5.32 Å². The van der Waals surface area contributed by atoms with Crippen molar-refractivity contribution >= 4 is 0 Å². The summed E-state index contributed by atoms with van der Waals surface area (Å²) in [6.45, 7) is 7.44. The Hall–Kier alpha value is -1.02.